The number of nitrogens with zero attached hydrogens (tertiary/aromatic N) is 4. The van der Waals surface area contributed by atoms with E-state index in [1.165, 1.54) is 11.3 Å². The molecule has 1 aromatic carbocycles. The number of hydrogen-bond acceptors (Lipinski definition) is 6. The molecular formula is C22H28N4O3S. The highest BCUT2D eigenvalue weighted by molar-refractivity contribution is 7.17. The Morgan fingerprint density at radius 1 is 1.10 bits per heavy atom. The van der Waals surface area contributed by atoms with Gasteiger partial charge in [-0.25, -0.2) is 4.98 Å². The minimum Gasteiger partial charge on any atom is -0.497 e. The molecule has 0 N–H and O–H groups in total. The molecule has 0 spiro atoms. The highest BCUT2D eigenvalue weighted by Gasteiger charge is 2.31. The SMILES string of the molecule is COc1ccc(N2CCN(C(=O)c3sc(N4CCCC4=O)nc3C(C)C)CC2)cc1. The first-order valence-electron chi connectivity index (χ1n) is 10.5. The van der Waals surface area contributed by atoms with Crippen molar-refractivity contribution in [2.75, 3.05) is 49.6 Å². The van der Waals surface area contributed by atoms with Crippen molar-refractivity contribution in [3.8, 4) is 5.75 Å². The summed E-state index contributed by atoms with van der Waals surface area (Å²) in [6, 6.07) is 8.02. The van der Waals surface area contributed by atoms with Crippen LogP contribution in [0.4, 0.5) is 10.8 Å². The number of methoxy groups -OCH3 is 1. The maximum atomic E-state index is 13.3. The van der Waals surface area contributed by atoms with Gasteiger partial charge in [0.1, 0.15) is 10.6 Å². The summed E-state index contributed by atoms with van der Waals surface area (Å²) in [6.07, 6.45) is 1.42. The highest BCUT2D eigenvalue weighted by atomic mass is 32.1. The molecule has 0 unspecified atom stereocenters. The summed E-state index contributed by atoms with van der Waals surface area (Å²) < 4.78 is 5.23. The lowest BCUT2D eigenvalue weighted by atomic mass is 10.1. The van der Waals surface area contributed by atoms with Gasteiger partial charge in [-0.2, -0.15) is 0 Å². The van der Waals surface area contributed by atoms with E-state index in [9.17, 15) is 9.59 Å². The maximum Gasteiger partial charge on any atom is 0.266 e. The monoisotopic (exact) mass is 428 g/mol. The van der Waals surface area contributed by atoms with Crippen LogP contribution in [0.5, 0.6) is 5.75 Å². The quantitative estimate of drug-likeness (QED) is 0.731. The van der Waals surface area contributed by atoms with Crippen LogP contribution < -0.4 is 14.5 Å². The zero-order valence-corrected chi connectivity index (χ0v) is 18.6. The van der Waals surface area contributed by atoms with Crippen molar-refractivity contribution in [1.82, 2.24) is 9.88 Å². The molecule has 7 nitrogen and oxygen atoms in total. The van der Waals surface area contributed by atoms with E-state index in [4.69, 9.17) is 9.72 Å². The fourth-order valence-electron chi connectivity index (χ4n) is 3.93. The average Bonchev–Trinajstić information content (AvgIpc) is 3.40. The highest BCUT2D eigenvalue weighted by Crippen LogP contribution is 2.34. The Morgan fingerprint density at radius 3 is 2.37 bits per heavy atom. The van der Waals surface area contributed by atoms with E-state index in [2.05, 4.69) is 17.0 Å². The number of hydrogen-bond donors (Lipinski definition) is 0. The summed E-state index contributed by atoms with van der Waals surface area (Å²) in [5, 5.41) is 0.668. The molecule has 0 aliphatic carbocycles. The van der Waals surface area contributed by atoms with Crippen LogP contribution in [-0.2, 0) is 4.79 Å². The molecule has 2 amide bonds. The largest absolute Gasteiger partial charge is 0.497 e. The lowest BCUT2D eigenvalue weighted by Crippen LogP contribution is -2.48. The Kier molecular flexibility index (Phi) is 5.94. The van der Waals surface area contributed by atoms with Gasteiger partial charge in [0.2, 0.25) is 5.91 Å². The van der Waals surface area contributed by atoms with Crippen molar-refractivity contribution in [2.45, 2.75) is 32.6 Å². The summed E-state index contributed by atoms with van der Waals surface area (Å²) in [6.45, 7) is 7.68. The molecule has 160 valence electrons. The Bertz CT molecular complexity index is 917. The zero-order valence-electron chi connectivity index (χ0n) is 17.8. The van der Waals surface area contributed by atoms with E-state index in [1.54, 1.807) is 12.0 Å². The molecule has 30 heavy (non-hydrogen) atoms. The molecule has 0 atom stereocenters. The number of carbonyl (C=O) groups excluding carboxylic acids is 2. The lowest BCUT2D eigenvalue weighted by Gasteiger charge is -2.36. The fourth-order valence-corrected chi connectivity index (χ4v) is 5.17. The second-order valence-electron chi connectivity index (χ2n) is 7.99. The van der Waals surface area contributed by atoms with Crippen molar-refractivity contribution < 1.29 is 14.3 Å². The first-order chi connectivity index (χ1) is 14.5. The van der Waals surface area contributed by atoms with Gasteiger partial charge in [0.25, 0.3) is 5.91 Å². The minimum absolute atomic E-state index is 0.0310. The van der Waals surface area contributed by atoms with Gasteiger partial charge >= 0.3 is 0 Å². The van der Waals surface area contributed by atoms with Crippen molar-refractivity contribution in [1.29, 1.82) is 0 Å². The number of piperazine rings is 1. The molecule has 4 rings (SSSR count). The van der Waals surface area contributed by atoms with Gasteiger partial charge in [-0.15, -0.1) is 0 Å². The third-order valence-corrected chi connectivity index (χ3v) is 6.77. The second kappa shape index (κ2) is 8.63. The predicted octanol–water partition coefficient (Wildman–Crippen LogP) is 3.36. The van der Waals surface area contributed by atoms with Crippen LogP contribution in [0.15, 0.2) is 24.3 Å². The molecule has 2 fully saturated rings. The molecular weight excluding hydrogens is 400 g/mol. The topological polar surface area (TPSA) is 66.0 Å². The van der Waals surface area contributed by atoms with Crippen molar-refractivity contribution in [2.24, 2.45) is 0 Å². The molecule has 0 bridgehead atoms. The summed E-state index contributed by atoms with van der Waals surface area (Å²) >= 11 is 1.37. The number of anilines is 2. The molecule has 2 aliphatic heterocycles. The standard InChI is InChI=1S/C22H28N4O3S/c1-15(2)19-20(30-22(23-19)26-10-4-5-18(26)27)21(28)25-13-11-24(12-14-25)16-6-8-17(29-3)9-7-16/h6-9,15H,4-5,10-14H2,1-3H3. The fraction of sp³-hybridized carbons (Fsp3) is 0.500. The number of amides is 2. The number of benzene rings is 1. The molecule has 8 heteroatoms. The van der Waals surface area contributed by atoms with Gasteiger partial charge in [0.15, 0.2) is 5.13 Å². The van der Waals surface area contributed by atoms with E-state index in [0.29, 0.717) is 36.1 Å². The van der Waals surface area contributed by atoms with E-state index in [-0.39, 0.29) is 17.7 Å². The van der Waals surface area contributed by atoms with E-state index >= 15 is 0 Å². The lowest BCUT2D eigenvalue weighted by molar-refractivity contribution is -0.117. The van der Waals surface area contributed by atoms with Gasteiger partial charge in [-0.05, 0) is 36.6 Å². The maximum absolute atomic E-state index is 13.3. The first kappa shape index (κ1) is 20.7. The number of rotatable bonds is 5. The molecule has 2 aliphatic rings. The van der Waals surface area contributed by atoms with E-state index < -0.39 is 0 Å². The van der Waals surface area contributed by atoms with Crippen molar-refractivity contribution in [3.05, 3.63) is 34.8 Å². The van der Waals surface area contributed by atoms with Gasteiger partial charge in [-0.1, -0.05) is 25.2 Å². The minimum atomic E-state index is 0.0310. The van der Waals surface area contributed by atoms with E-state index in [1.807, 2.05) is 30.9 Å². The average molecular weight is 429 g/mol. The van der Waals surface area contributed by atoms with Gasteiger partial charge in [0.05, 0.1) is 12.8 Å². The normalized spacial score (nSPS) is 17.2. The van der Waals surface area contributed by atoms with Crippen LogP contribution in [0.1, 0.15) is 48.0 Å². The Morgan fingerprint density at radius 2 is 1.80 bits per heavy atom. The van der Waals surface area contributed by atoms with Crippen LogP contribution in [-0.4, -0.2) is 61.5 Å². The van der Waals surface area contributed by atoms with Crippen molar-refractivity contribution in [3.63, 3.8) is 0 Å². The number of carbonyl (C=O) groups is 2. The number of thiazole rings is 1. The van der Waals surface area contributed by atoms with Gasteiger partial charge in [-0.3, -0.25) is 14.5 Å². The zero-order chi connectivity index (χ0) is 21.3. The Labute approximate surface area is 181 Å². The third-order valence-electron chi connectivity index (χ3n) is 5.69. The Balaban J connectivity index is 1.47. The van der Waals surface area contributed by atoms with Gasteiger partial charge < -0.3 is 14.5 Å². The van der Waals surface area contributed by atoms with Gasteiger partial charge in [0, 0.05) is 44.8 Å². The van der Waals surface area contributed by atoms with Crippen LogP contribution in [0.25, 0.3) is 0 Å². The van der Waals surface area contributed by atoms with Crippen LogP contribution in [0.3, 0.4) is 0 Å². The molecule has 0 radical (unpaired) electrons. The smallest absolute Gasteiger partial charge is 0.266 e. The number of ether oxygens (including phenoxy) is 1. The van der Waals surface area contributed by atoms with Crippen LogP contribution >= 0.6 is 11.3 Å². The molecule has 0 saturated carbocycles. The molecule has 3 heterocycles. The second-order valence-corrected chi connectivity index (χ2v) is 8.97. The summed E-state index contributed by atoms with van der Waals surface area (Å²) in [4.78, 5) is 36.7. The predicted molar refractivity (Wildman–Crippen MR) is 119 cm³/mol. The summed E-state index contributed by atoms with van der Waals surface area (Å²) in [7, 11) is 1.66. The number of aromatic nitrogens is 1. The summed E-state index contributed by atoms with van der Waals surface area (Å²) in [5.41, 5.74) is 1.94. The van der Waals surface area contributed by atoms with Crippen LogP contribution in [0, 0.1) is 0 Å². The molecule has 2 aromatic rings. The van der Waals surface area contributed by atoms with Crippen molar-refractivity contribution >= 4 is 34.0 Å². The molecule has 1 aromatic heterocycles. The molecule has 2 saturated heterocycles. The third kappa shape index (κ3) is 4.01. The van der Waals surface area contributed by atoms with E-state index in [0.717, 1.165) is 36.6 Å². The summed E-state index contributed by atoms with van der Waals surface area (Å²) in [5.74, 6) is 1.10. The Hall–Kier alpha value is -2.61. The first-order valence-corrected chi connectivity index (χ1v) is 11.3. The van der Waals surface area contributed by atoms with Crippen LogP contribution in [0.2, 0.25) is 0 Å².